The van der Waals surface area contributed by atoms with Crippen molar-refractivity contribution in [3.63, 3.8) is 0 Å². The fourth-order valence-electron chi connectivity index (χ4n) is 2.88. The van der Waals surface area contributed by atoms with Crippen LogP contribution in [0.4, 0.5) is 0 Å². The van der Waals surface area contributed by atoms with Crippen LogP contribution in [0.2, 0.25) is 0 Å². The lowest BCUT2D eigenvalue weighted by Crippen LogP contribution is -2.69. The summed E-state index contributed by atoms with van der Waals surface area (Å²) in [5, 5.41) is 5.75. The summed E-state index contributed by atoms with van der Waals surface area (Å²) in [5.74, 6) is -0.00236. The lowest BCUT2D eigenvalue weighted by Gasteiger charge is -2.45. The standard InChI is InChI=1S/C15H23N3O2S/c1-4-7-11-13(19)17-15(5-2,6-3)14(20)18(11)10-12-16-8-9-21-12/h8-9,11H,4-7,10H2,1-3H3,(H,17,19). The van der Waals surface area contributed by atoms with Crippen molar-refractivity contribution in [1.29, 1.82) is 0 Å². The predicted octanol–water partition coefficient (Wildman–Crippen LogP) is 2.33. The normalized spacial score (nSPS) is 21.5. The molecular weight excluding hydrogens is 286 g/mol. The van der Waals surface area contributed by atoms with Crippen LogP contribution in [0, 0.1) is 0 Å². The molecule has 1 aromatic rings. The van der Waals surface area contributed by atoms with E-state index in [2.05, 4.69) is 10.3 Å². The molecule has 2 rings (SSSR count). The Bertz CT molecular complexity index is 497. The molecule has 2 amide bonds. The summed E-state index contributed by atoms with van der Waals surface area (Å²) >= 11 is 1.52. The molecule has 1 N–H and O–H groups in total. The number of carbonyl (C=O) groups is 2. The number of aromatic nitrogens is 1. The molecule has 21 heavy (non-hydrogen) atoms. The van der Waals surface area contributed by atoms with E-state index in [9.17, 15) is 9.59 Å². The van der Waals surface area contributed by atoms with E-state index in [-0.39, 0.29) is 17.9 Å². The highest BCUT2D eigenvalue weighted by atomic mass is 32.1. The molecule has 0 aliphatic carbocycles. The molecule has 2 heterocycles. The van der Waals surface area contributed by atoms with Gasteiger partial charge >= 0.3 is 0 Å². The number of piperazine rings is 1. The van der Waals surface area contributed by atoms with Gasteiger partial charge < -0.3 is 10.2 Å². The van der Waals surface area contributed by atoms with Crippen molar-refractivity contribution in [3.8, 4) is 0 Å². The van der Waals surface area contributed by atoms with E-state index in [1.807, 2.05) is 26.2 Å². The van der Waals surface area contributed by atoms with Gasteiger partial charge in [0.1, 0.15) is 16.6 Å². The van der Waals surface area contributed by atoms with Crippen LogP contribution in [0.5, 0.6) is 0 Å². The Morgan fingerprint density at radius 3 is 2.57 bits per heavy atom. The Morgan fingerprint density at radius 2 is 2.05 bits per heavy atom. The zero-order valence-electron chi connectivity index (χ0n) is 12.9. The van der Waals surface area contributed by atoms with E-state index < -0.39 is 5.54 Å². The molecule has 0 radical (unpaired) electrons. The maximum Gasteiger partial charge on any atom is 0.249 e. The van der Waals surface area contributed by atoms with E-state index in [4.69, 9.17) is 0 Å². The van der Waals surface area contributed by atoms with Gasteiger partial charge in [-0.05, 0) is 19.3 Å². The van der Waals surface area contributed by atoms with Gasteiger partial charge in [-0.1, -0.05) is 27.2 Å². The zero-order chi connectivity index (χ0) is 15.5. The summed E-state index contributed by atoms with van der Waals surface area (Å²) in [6.07, 6.45) is 4.51. The molecule has 1 fully saturated rings. The number of thiazole rings is 1. The monoisotopic (exact) mass is 309 g/mol. The van der Waals surface area contributed by atoms with Crippen molar-refractivity contribution in [2.45, 2.75) is 64.6 Å². The first kappa shape index (κ1) is 15.9. The minimum atomic E-state index is -0.751. The topological polar surface area (TPSA) is 62.3 Å². The van der Waals surface area contributed by atoms with Gasteiger partial charge in [0.05, 0.1) is 6.54 Å². The molecule has 6 heteroatoms. The van der Waals surface area contributed by atoms with Crippen LogP contribution < -0.4 is 5.32 Å². The quantitative estimate of drug-likeness (QED) is 0.877. The second kappa shape index (κ2) is 6.56. The van der Waals surface area contributed by atoms with Crippen molar-refractivity contribution >= 4 is 23.2 Å². The van der Waals surface area contributed by atoms with Crippen LogP contribution in [0.3, 0.4) is 0 Å². The molecular formula is C15H23N3O2S. The SMILES string of the molecule is CCCC1C(=O)NC(CC)(CC)C(=O)N1Cc1nccs1. The molecule has 0 aromatic carbocycles. The minimum absolute atomic E-state index is 0.0285. The Labute approximate surface area is 129 Å². The Hall–Kier alpha value is -1.43. The van der Waals surface area contributed by atoms with Crippen molar-refractivity contribution in [3.05, 3.63) is 16.6 Å². The van der Waals surface area contributed by atoms with Crippen molar-refractivity contribution < 1.29 is 9.59 Å². The van der Waals surface area contributed by atoms with Gasteiger partial charge in [0.2, 0.25) is 11.8 Å². The fraction of sp³-hybridized carbons (Fsp3) is 0.667. The first-order valence-corrected chi connectivity index (χ1v) is 8.47. The first-order valence-electron chi connectivity index (χ1n) is 7.59. The number of amides is 2. The smallest absolute Gasteiger partial charge is 0.249 e. The molecule has 1 unspecified atom stereocenters. The summed E-state index contributed by atoms with van der Waals surface area (Å²) in [6.45, 7) is 6.35. The second-order valence-corrected chi connectivity index (χ2v) is 6.42. The largest absolute Gasteiger partial charge is 0.340 e. The maximum atomic E-state index is 13.0. The van der Waals surface area contributed by atoms with Gasteiger partial charge in [0.15, 0.2) is 0 Å². The molecule has 0 saturated carbocycles. The zero-order valence-corrected chi connectivity index (χ0v) is 13.7. The van der Waals surface area contributed by atoms with Gasteiger partial charge in [-0.15, -0.1) is 11.3 Å². The van der Waals surface area contributed by atoms with Crippen molar-refractivity contribution in [2.24, 2.45) is 0 Å². The average Bonchev–Trinajstić information content (AvgIpc) is 2.99. The molecule has 5 nitrogen and oxygen atoms in total. The first-order chi connectivity index (χ1) is 10.1. The molecule has 0 spiro atoms. The van der Waals surface area contributed by atoms with Gasteiger partial charge in [-0.25, -0.2) is 4.98 Å². The van der Waals surface area contributed by atoms with Crippen LogP contribution >= 0.6 is 11.3 Å². The maximum absolute atomic E-state index is 13.0. The third-order valence-corrected chi connectivity index (χ3v) is 5.03. The third-order valence-electron chi connectivity index (χ3n) is 4.27. The lowest BCUT2D eigenvalue weighted by atomic mass is 9.86. The van der Waals surface area contributed by atoms with Crippen LogP contribution in [-0.4, -0.2) is 33.3 Å². The number of carbonyl (C=O) groups excluding carboxylic acids is 2. The Balaban J connectivity index is 2.32. The highest BCUT2D eigenvalue weighted by Gasteiger charge is 2.48. The number of nitrogens with zero attached hydrogens (tertiary/aromatic N) is 2. The predicted molar refractivity (Wildman–Crippen MR) is 82.8 cm³/mol. The van der Waals surface area contributed by atoms with Gasteiger partial charge in [0.25, 0.3) is 0 Å². The van der Waals surface area contributed by atoms with E-state index >= 15 is 0 Å². The minimum Gasteiger partial charge on any atom is -0.340 e. The fourth-order valence-corrected chi connectivity index (χ4v) is 3.49. The Morgan fingerprint density at radius 1 is 1.33 bits per heavy atom. The number of hydrogen-bond acceptors (Lipinski definition) is 4. The molecule has 1 atom stereocenters. The molecule has 1 aliphatic heterocycles. The van der Waals surface area contributed by atoms with E-state index in [0.717, 1.165) is 11.4 Å². The summed E-state index contributed by atoms with van der Waals surface area (Å²) in [5.41, 5.74) is -0.751. The summed E-state index contributed by atoms with van der Waals surface area (Å²) in [4.78, 5) is 31.4. The van der Waals surface area contributed by atoms with Crippen LogP contribution in [0.15, 0.2) is 11.6 Å². The number of rotatable bonds is 6. The van der Waals surface area contributed by atoms with Crippen LogP contribution in [-0.2, 0) is 16.1 Å². The van der Waals surface area contributed by atoms with Crippen LogP contribution in [0.1, 0.15) is 51.5 Å². The molecule has 0 bridgehead atoms. The van der Waals surface area contributed by atoms with Crippen LogP contribution in [0.25, 0.3) is 0 Å². The van der Waals surface area contributed by atoms with Gasteiger partial charge in [0, 0.05) is 11.6 Å². The highest BCUT2D eigenvalue weighted by molar-refractivity contribution is 7.09. The van der Waals surface area contributed by atoms with Crippen molar-refractivity contribution in [1.82, 2.24) is 15.2 Å². The average molecular weight is 309 g/mol. The molecule has 116 valence electrons. The van der Waals surface area contributed by atoms with Gasteiger partial charge in [-0.3, -0.25) is 9.59 Å². The highest BCUT2D eigenvalue weighted by Crippen LogP contribution is 2.28. The molecule has 1 aliphatic rings. The summed E-state index contributed by atoms with van der Waals surface area (Å²) in [7, 11) is 0. The van der Waals surface area contributed by atoms with Crippen molar-refractivity contribution in [2.75, 3.05) is 0 Å². The van der Waals surface area contributed by atoms with E-state index in [0.29, 0.717) is 25.8 Å². The molecule has 1 aromatic heterocycles. The summed E-state index contributed by atoms with van der Waals surface area (Å²) < 4.78 is 0. The van der Waals surface area contributed by atoms with E-state index in [1.165, 1.54) is 11.3 Å². The third kappa shape index (κ3) is 2.95. The summed E-state index contributed by atoms with van der Waals surface area (Å²) in [6, 6.07) is -0.377. The lowest BCUT2D eigenvalue weighted by molar-refractivity contribution is -0.156. The van der Waals surface area contributed by atoms with Gasteiger partial charge in [-0.2, -0.15) is 0 Å². The molecule has 1 saturated heterocycles. The number of hydrogen-bond donors (Lipinski definition) is 1. The Kier molecular flexibility index (Phi) is 4.98. The second-order valence-electron chi connectivity index (χ2n) is 5.44. The van der Waals surface area contributed by atoms with E-state index in [1.54, 1.807) is 11.1 Å². The number of nitrogens with one attached hydrogen (secondary N) is 1.